The van der Waals surface area contributed by atoms with Gasteiger partial charge in [0.25, 0.3) is 0 Å². The fraction of sp³-hybridized carbons (Fsp3) is 0.316. The van der Waals surface area contributed by atoms with Gasteiger partial charge >= 0.3 is 0 Å². The smallest absolute Gasteiger partial charge is 0.247 e. The van der Waals surface area contributed by atoms with Crippen molar-refractivity contribution in [2.45, 2.75) is 33.7 Å². The lowest BCUT2D eigenvalue weighted by Gasteiger charge is -2.28. The molecule has 0 aliphatic heterocycles. The first-order valence-electron chi connectivity index (χ1n) is 8.03. The molecule has 0 fully saturated rings. The van der Waals surface area contributed by atoms with Gasteiger partial charge in [-0.1, -0.05) is 23.8 Å². The maximum atomic E-state index is 12.6. The zero-order valence-corrected chi connectivity index (χ0v) is 16.0. The summed E-state index contributed by atoms with van der Waals surface area (Å²) in [6.07, 6.45) is 1.10. The minimum absolute atomic E-state index is 0.379. The number of nitrogens with zero attached hydrogens (tertiary/aromatic N) is 1. The Hall–Kier alpha value is -2.34. The second kappa shape index (κ2) is 7.27. The lowest BCUT2D eigenvalue weighted by atomic mass is 10.1. The number of sulfonamides is 1. The number of amides is 1. The normalized spacial score (nSPS) is 12.5. The largest absolute Gasteiger partial charge is 0.324 e. The second-order valence-corrected chi connectivity index (χ2v) is 8.30. The molecule has 0 heterocycles. The number of hydrogen-bond donors (Lipinski definition) is 1. The second-order valence-electron chi connectivity index (χ2n) is 6.44. The molecule has 0 aromatic heterocycles. The van der Waals surface area contributed by atoms with Gasteiger partial charge in [0.1, 0.15) is 6.04 Å². The van der Waals surface area contributed by atoms with Crippen LogP contribution in [0.15, 0.2) is 42.5 Å². The molecule has 0 saturated heterocycles. The molecule has 1 N–H and O–H groups in total. The Morgan fingerprint density at radius 2 is 1.48 bits per heavy atom. The van der Waals surface area contributed by atoms with Crippen LogP contribution in [0.4, 0.5) is 11.4 Å². The van der Waals surface area contributed by atoms with Crippen LogP contribution in [-0.2, 0) is 14.8 Å². The predicted molar refractivity (Wildman–Crippen MR) is 103 cm³/mol. The van der Waals surface area contributed by atoms with Gasteiger partial charge in [-0.2, -0.15) is 0 Å². The van der Waals surface area contributed by atoms with Crippen LogP contribution in [0.5, 0.6) is 0 Å². The molecule has 2 aromatic carbocycles. The number of benzene rings is 2. The van der Waals surface area contributed by atoms with E-state index in [1.807, 2.05) is 51.1 Å². The van der Waals surface area contributed by atoms with E-state index in [1.165, 1.54) is 0 Å². The highest BCUT2D eigenvalue weighted by atomic mass is 32.2. The van der Waals surface area contributed by atoms with Gasteiger partial charge in [0.2, 0.25) is 15.9 Å². The summed E-state index contributed by atoms with van der Waals surface area (Å²) in [5, 5.41) is 2.81. The highest BCUT2D eigenvalue weighted by molar-refractivity contribution is 7.92. The van der Waals surface area contributed by atoms with Crippen LogP contribution in [0, 0.1) is 20.8 Å². The summed E-state index contributed by atoms with van der Waals surface area (Å²) in [7, 11) is -3.61. The molecular formula is C19H24N2O3S. The van der Waals surface area contributed by atoms with Crippen LogP contribution in [0.1, 0.15) is 23.6 Å². The molecule has 2 rings (SSSR count). The van der Waals surface area contributed by atoms with Gasteiger partial charge in [0.15, 0.2) is 0 Å². The molecule has 0 aliphatic rings. The molecule has 0 aliphatic carbocycles. The van der Waals surface area contributed by atoms with Crippen molar-refractivity contribution in [1.29, 1.82) is 0 Å². The quantitative estimate of drug-likeness (QED) is 0.888. The van der Waals surface area contributed by atoms with Crippen LogP contribution >= 0.6 is 0 Å². The van der Waals surface area contributed by atoms with Crippen LogP contribution in [0.3, 0.4) is 0 Å². The lowest BCUT2D eigenvalue weighted by molar-refractivity contribution is -0.116. The molecule has 1 amide bonds. The lowest BCUT2D eigenvalue weighted by Crippen LogP contribution is -2.45. The predicted octanol–water partition coefficient (Wildman–Crippen LogP) is 3.41. The standard InChI is InChI=1S/C19H24N2O3S/c1-13-6-8-18(9-7-13)21(25(5,23)24)16(4)19(22)20-17-11-14(2)10-15(3)12-17/h6-12,16H,1-5H3,(H,20,22). The SMILES string of the molecule is Cc1ccc(N(C(C)C(=O)Nc2cc(C)cc(C)c2)S(C)(=O)=O)cc1. The van der Waals surface area contributed by atoms with Crippen molar-refractivity contribution < 1.29 is 13.2 Å². The van der Waals surface area contributed by atoms with Crippen molar-refractivity contribution in [3.8, 4) is 0 Å². The Balaban J connectivity index is 2.31. The van der Waals surface area contributed by atoms with Gasteiger partial charge in [0.05, 0.1) is 11.9 Å². The summed E-state index contributed by atoms with van der Waals surface area (Å²) in [4.78, 5) is 12.6. The van der Waals surface area contributed by atoms with Gasteiger partial charge in [0, 0.05) is 5.69 Å². The summed E-state index contributed by atoms with van der Waals surface area (Å²) in [5.74, 6) is -0.379. The first-order valence-corrected chi connectivity index (χ1v) is 9.88. The monoisotopic (exact) mass is 360 g/mol. The van der Waals surface area contributed by atoms with E-state index >= 15 is 0 Å². The zero-order chi connectivity index (χ0) is 18.8. The van der Waals surface area contributed by atoms with Crippen molar-refractivity contribution >= 4 is 27.3 Å². The van der Waals surface area contributed by atoms with Crippen LogP contribution in [-0.4, -0.2) is 26.6 Å². The Morgan fingerprint density at radius 3 is 1.96 bits per heavy atom. The molecule has 0 spiro atoms. The molecule has 2 aromatic rings. The number of aryl methyl sites for hydroxylation is 3. The minimum Gasteiger partial charge on any atom is -0.324 e. The van der Waals surface area contributed by atoms with Crippen LogP contribution in [0.25, 0.3) is 0 Å². The van der Waals surface area contributed by atoms with E-state index in [9.17, 15) is 13.2 Å². The molecule has 134 valence electrons. The number of rotatable bonds is 5. The van der Waals surface area contributed by atoms with Crippen molar-refractivity contribution in [3.05, 3.63) is 59.2 Å². The maximum Gasteiger partial charge on any atom is 0.247 e. The molecule has 0 radical (unpaired) electrons. The van der Waals surface area contributed by atoms with Crippen molar-refractivity contribution in [2.24, 2.45) is 0 Å². The topological polar surface area (TPSA) is 66.5 Å². The number of hydrogen-bond acceptors (Lipinski definition) is 3. The number of carbonyl (C=O) groups is 1. The first-order chi connectivity index (χ1) is 11.6. The van der Waals surface area contributed by atoms with E-state index in [0.29, 0.717) is 11.4 Å². The zero-order valence-electron chi connectivity index (χ0n) is 15.2. The highest BCUT2D eigenvalue weighted by Gasteiger charge is 2.29. The van der Waals surface area contributed by atoms with Gasteiger partial charge in [-0.3, -0.25) is 9.10 Å². The summed E-state index contributed by atoms with van der Waals surface area (Å²) in [6.45, 7) is 7.39. The maximum absolute atomic E-state index is 12.6. The molecule has 5 nitrogen and oxygen atoms in total. The van der Waals surface area contributed by atoms with Crippen molar-refractivity contribution in [1.82, 2.24) is 0 Å². The molecule has 0 bridgehead atoms. The summed E-state index contributed by atoms with van der Waals surface area (Å²) >= 11 is 0. The average molecular weight is 360 g/mol. The average Bonchev–Trinajstić information content (AvgIpc) is 2.47. The number of nitrogens with one attached hydrogen (secondary N) is 1. The van der Waals surface area contributed by atoms with E-state index in [0.717, 1.165) is 27.3 Å². The van der Waals surface area contributed by atoms with Gasteiger partial charge in [-0.05, 0) is 63.1 Å². The molecule has 6 heteroatoms. The molecule has 0 saturated carbocycles. The fourth-order valence-electron chi connectivity index (χ4n) is 2.79. The molecule has 25 heavy (non-hydrogen) atoms. The number of carbonyl (C=O) groups excluding carboxylic acids is 1. The van der Waals surface area contributed by atoms with E-state index < -0.39 is 16.1 Å². The summed E-state index contributed by atoms with van der Waals surface area (Å²) in [5.41, 5.74) is 4.20. The van der Waals surface area contributed by atoms with Crippen molar-refractivity contribution in [2.75, 3.05) is 15.9 Å². The van der Waals surface area contributed by atoms with Crippen LogP contribution < -0.4 is 9.62 Å². The first kappa shape index (κ1) is 19.0. The summed E-state index contributed by atoms with van der Waals surface area (Å²) in [6, 6.07) is 11.9. The van der Waals surface area contributed by atoms with Gasteiger partial charge in [-0.15, -0.1) is 0 Å². The fourth-order valence-corrected chi connectivity index (χ4v) is 3.97. The third-order valence-electron chi connectivity index (χ3n) is 3.87. The molecule has 1 atom stereocenters. The van der Waals surface area contributed by atoms with E-state index in [1.54, 1.807) is 19.1 Å². The molecular weight excluding hydrogens is 336 g/mol. The minimum atomic E-state index is -3.61. The Labute approximate surface area is 149 Å². The van der Waals surface area contributed by atoms with Crippen LogP contribution in [0.2, 0.25) is 0 Å². The van der Waals surface area contributed by atoms with E-state index in [2.05, 4.69) is 5.32 Å². The van der Waals surface area contributed by atoms with Crippen molar-refractivity contribution in [3.63, 3.8) is 0 Å². The van der Waals surface area contributed by atoms with E-state index in [4.69, 9.17) is 0 Å². The Morgan fingerprint density at radius 1 is 0.960 bits per heavy atom. The highest BCUT2D eigenvalue weighted by Crippen LogP contribution is 2.22. The Kier molecular flexibility index (Phi) is 5.52. The third-order valence-corrected chi connectivity index (χ3v) is 5.11. The molecule has 1 unspecified atom stereocenters. The van der Waals surface area contributed by atoms with E-state index in [-0.39, 0.29) is 5.91 Å². The van der Waals surface area contributed by atoms with Gasteiger partial charge in [-0.25, -0.2) is 8.42 Å². The van der Waals surface area contributed by atoms with Gasteiger partial charge < -0.3 is 5.32 Å². The summed E-state index contributed by atoms with van der Waals surface area (Å²) < 4.78 is 25.7. The Bertz CT molecular complexity index is 854. The third kappa shape index (κ3) is 4.82. The number of anilines is 2.